The maximum absolute atomic E-state index is 12.0. The zero-order valence-corrected chi connectivity index (χ0v) is 33.7. The van der Waals surface area contributed by atoms with Crippen molar-refractivity contribution in [2.45, 2.75) is 100 Å². The molecule has 10 nitrogen and oxygen atoms in total. The van der Waals surface area contributed by atoms with Gasteiger partial charge in [-0.2, -0.15) is 0 Å². The number of nitrogens with one attached hydrogen (secondary N) is 2. The maximum Gasteiger partial charge on any atom is 0.325 e. The summed E-state index contributed by atoms with van der Waals surface area (Å²) in [5.74, 6) is -0.249. The standard InChI is InChI=1S/C15H25N3O5.C14H12O.C9H19N.C4H10/c1-10(2)12(18(4)13(20)7-16-9-19)6-11(3)15(22)17-8-14(21)23-5;1-11-7-9-13(10-8-11)14(15)12-5-3-2-4-6-12;1-3-9(2)10-7-5-4-6-8-10;1-4(2)3/h6,9-10,12H,7-8H2,1-5H3,(H,16,19)(H,17,22);2-10H,1H3;9H,3-8H2,1-2H3;4H,1-3H3/b11-6+;;;/t12-;;;/m1.../s1. The van der Waals surface area contributed by atoms with Crippen molar-refractivity contribution >= 4 is 30.0 Å². The Morgan fingerprint density at radius 2 is 1.40 bits per heavy atom. The van der Waals surface area contributed by atoms with Gasteiger partial charge in [0.25, 0.3) is 0 Å². The molecule has 3 amide bonds. The fourth-order valence-corrected chi connectivity index (χ4v) is 4.95. The van der Waals surface area contributed by atoms with E-state index in [1.165, 1.54) is 56.3 Å². The summed E-state index contributed by atoms with van der Waals surface area (Å²) in [6.45, 7) is 20.9. The highest BCUT2D eigenvalue weighted by Crippen LogP contribution is 2.15. The van der Waals surface area contributed by atoms with Crippen LogP contribution >= 0.6 is 0 Å². The van der Waals surface area contributed by atoms with Crippen LogP contribution in [-0.2, 0) is 23.9 Å². The van der Waals surface area contributed by atoms with E-state index in [-0.39, 0.29) is 36.7 Å². The largest absolute Gasteiger partial charge is 0.468 e. The van der Waals surface area contributed by atoms with E-state index in [2.05, 4.69) is 54.9 Å². The van der Waals surface area contributed by atoms with E-state index in [9.17, 15) is 24.0 Å². The van der Waals surface area contributed by atoms with Crippen LogP contribution in [0.25, 0.3) is 0 Å². The lowest BCUT2D eigenvalue weighted by Crippen LogP contribution is -2.43. The number of likely N-dealkylation sites (N-methyl/N-ethyl adjacent to an activating group) is 1. The molecule has 1 fully saturated rings. The number of rotatable bonds is 13. The van der Waals surface area contributed by atoms with E-state index in [4.69, 9.17) is 0 Å². The lowest BCUT2D eigenvalue weighted by atomic mass is 10.00. The number of piperidine rings is 1. The average Bonchev–Trinajstić information content (AvgIpc) is 3.14. The van der Waals surface area contributed by atoms with Crippen LogP contribution in [0.2, 0.25) is 0 Å². The Kier molecular flexibility index (Phi) is 25.1. The summed E-state index contributed by atoms with van der Waals surface area (Å²) in [6, 6.07) is 17.5. The minimum atomic E-state index is -0.543. The molecule has 1 saturated heterocycles. The predicted octanol–water partition coefficient (Wildman–Crippen LogP) is 6.61. The van der Waals surface area contributed by atoms with Gasteiger partial charge in [0, 0.05) is 29.8 Å². The zero-order chi connectivity index (χ0) is 39.6. The van der Waals surface area contributed by atoms with Gasteiger partial charge in [0.1, 0.15) is 6.54 Å². The first-order valence-corrected chi connectivity index (χ1v) is 18.5. The second-order valence-electron chi connectivity index (χ2n) is 14.0. The van der Waals surface area contributed by atoms with Crippen LogP contribution in [0.3, 0.4) is 0 Å². The Labute approximate surface area is 313 Å². The second-order valence-corrected chi connectivity index (χ2v) is 14.0. The molecule has 1 aliphatic heterocycles. The van der Waals surface area contributed by atoms with Gasteiger partial charge in [-0.1, -0.05) is 114 Å². The monoisotopic (exact) mass is 722 g/mol. The number of nitrogens with zero attached hydrogens (tertiary/aromatic N) is 2. The Bertz CT molecular complexity index is 1350. The summed E-state index contributed by atoms with van der Waals surface area (Å²) >= 11 is 0. The summed E-state index contributed by atoms with van der Waals surface area (Å²) in [6.07, 6.45) is 7.72. The average molecular weight is 723 g/mol. The molecule has 10 heteroatoms. The molecular weight excluding hydrogens is 656 g/mol. The van der Waals surface area contributed by atoms with E-state index < -0.39 is 11.9 Å². The molecule has 0 saturated carbocycles. The molecule has 290 valence electrons. The Morgan fingerprint density at radius 3 is 1.88 bits per heavy atom. The Morgan fingerprint density at radius 1 is 0.865 bits per heavy atom. The molecule has 2 aromatic rings. The van der Waals surface area contributed by atoms with Crippen molar-refractivity contribution in [2.75, 3.05) is 40.3 Å². The van der Waals surface area contributed by atoms with E-state index in [1.807, 2.05) is 75.4 Å². The number of ketones is 1. The van der Waals surface area contributed by atoms with Crippen LogP contribution in [-0.4, -0.2) is 92.2 Å². The highest BCUT2D eigenvalue weighted by molar-refractivity contribution is 6.08. The molecule has 2 aromatic carbocycles. The van der Waals surface area contributed by atoms with Gasteiger partial charge in [-0.15, -0.1) is 0 Å². The number of carbonyl (C=O) groups excluding carboxylic acids is 5. The quantitative estimate of drug-likeness (QED) is 0.103. The van der Waals surface area contributed by atoms with Gasteiger partial charge < -0.3 is 25.2 Å². The van der Waals surface area contributed by atoms with Crippen LogP contribution in [0.4, 0.5) is 0 Å². The summed E-state index contributed by atoms with van der Waals surface area (Å²) in [4.78, 5) is 61.2. The molecule has 0 aromatic heterocycles. The molecule has 52 heavy (non-hydrogen) atoms. The van der Waals surface area contributed by atoms with Gasteiger partial charge in [-0.3, -0.25) is 24.0 Å². The molecule has 2 atom stereocenters. The fourth-order valence-electron chi connectivity index (χ4n) is 4.95. The number of amides is 3. The number of ether oxygens (including phenoxy) is 1. The molecule has 0 radical (unpaired) electrons. The maximum atomic E-state index is 12.0. The highest BCUT2D eigenvalue weighted by atomic mass is 16.5. The third-order valence-electron chi connectivity index (χ3n) is 8.21. The highest BCUT2D eigenvalue weighted by Gasteiger charge is 2.22. The van der Waals surface area contributed by atoms with Crippen molar-refractivity contribution in [3.05, 3.63) is 82.9 Å². The number of hydrogen-bond donors (Lipinski definition) is 2. The molecular formula is C42H66N4O6. The van der Waals surface area contributed by atoms with Gasteiger partial charge in [0.15, 0.2) is 5.78 Å². The number of carbonyl (C=O) groups is 5. The van der Waals surface area contributed by atoms with Crippen LogP contribution in [0, 0.1) is 18.8 Å². The number of benzene rings is 2. The fraction of sp³-hybridized carbons (Fsp3) is 0.548. The van der Waals surface area contributed by atoms with Crippen LogP contribution in [0.5, 0.6) is 0 Å². The summed E-state index contributed by atoms with van der Waals surface area (Å²) in [7, 11) is 2.84. The van der Waals surface area contributed by atoms with Gasteiger partial charge in [0.05, 0.1) is 19.7 Å². The van der Waals surface area contributed by atoms with E-state index in [0.717, 1.165) is 23.1 Å². The Hall–Kier alpha value is -4.31. The zero-order valence-electron chi connectivity index (χ0n) is 33.7. The summed E-state index contributed by atoms with van der Waals surface area (Å²) < 4.78 is 4.45. The van der Waals surface area contributed by atoms with Gasteiger partial charge >= 0.3 is 5.97 Å². The van der Waals surface area contributed by atoms with Gasteiger partial charge in [-0.25, -0.2) is 0 Å². The van der Waals surface area contributed by atoms with Crippen LogP contribution < -0.4 is 10.6 Å². The SMILES string of the molecule is CC(C)C.CCC(C)N1CCCCC1.COC(=O)CNC(=O)/C(C)=C/[C@H](C(C)C)N(C)C(=O)CNC=O.Cc1ccc(C(=O)c2ccccc2)cc1. The van der Waals surface area contributed by atoms with E-state index in [1.54, 1.807) is 20.0 Å². The first kappa shape index (κ1) is 47.7. The lowest BCUT2D eigenvalue weighted by molar-refractivity contribution is -0.140. The first-order valence-electron chi connectivity index (χ1n) is 18.5. The minimum absolute atomic E-state index is 0.0588. The number of hydrogen-bond acceptors (Lipinski definition) is 7. The molecule has 1 heterocycles. The van der Waals surface area contributed by atoms with Crippen molar-refractivity contribution in [1.29, 1.82) is 0 Å². The minimum Gasteiger partial charge on any atom is -0.468 e. The molecule has 1 unspecified atom stereocenters. The molecule has 0 aliphatic carbocycles. The number of aryl methyl sites for hydroxylation is 1. The van der Waals surface area contributed by atoms with E-state index >= 15 is 0 Å². The second kappa shape index (κ2) is 27.4. The molecule has 0 bridgehead atoms. The van der Waals surface area contributed by atoms with Crippen molar-refractivity contribution in [2.24, 2.45) is 11.8 Å². The van der Waals surface area contributed by atoms with Crippen molar-refractivity contribution in [3.63, 3.8) is 0 Å². The number of esters is 1. The molecule has 1 aliphatic rings. The van der Waals surface area contributed by atoms with Crippen LogP contribution in [0.1, 0.15) is 103 Å². The third-order valence-corrected chi connectivity index (χ3v) is 8.21. The molecule has 2 N–H and O–H groups in total. The van der Waals surface area contributed by atoms with Crippen molar-refractivity contribution in [1.82, 2.24) is 20.4 Å². The molecule has 0 spiro atoms. The summed E-state index contributed by atoms with van der Waals surface area (Å²) in [5.41, 5.74) is 3.03. The van der Waals surface area contributed by atoms with Crippen LogP contribution in [0.15, 0.2) is 66.2 Å². The number of likely N-dealkylation sites (tertiary alicyclic amines) is 1. The van der Waals surface area contributed by atoms with Gasteiger partial charge in [0.2, 0.25) is 18.2 Å². The third kappa shape index (κ3) is 20.5. The number of methoxy groups -OCH3 is 1. The van der Waals surface area contributed by atoms with Gasteiger partial charge in [-0.05, 0) is 65.0 Å². The predicted molar refractivity (Wildman–Crippen MR) is 211 cm³/mol. The lowest BCUT2D eigenvalue weighted by Gasteiger charge is -2.31. The first-order chi connectivity index (χ1) is 24.6. The molecule has 3 rings (SSSR count). The topological polar surface area (TPSA) is 125 Å². The Balaban J connectivity index is 0.000000761. The van der Waals surface area contributed by atoms with Crippen molar-refractivity contribution < 1.29 is 28.7 Å². The normalized spacial score (nSPS) is 13.8. The summed E-state index contributed by atoms with van der Waals surface area (Å²) in [5, 5.41) is 4.75. The smallest absolute Gasteiger partial charge is 0.325 e. The van der Waals surface area contributed by atoms with Crippen molar-refractivity contribution in [3.8, 4) is 0 Å². The van der Waals surface area contributed by atoms with E-state index in [0.29, 0.717) is 12.0 Å².